The number of aryl methyl sites for hydroxylation is 2. The molecule has 158 valence electrons. The van der Waals surface area contributed by atoms with E-state index < -0.39 is 0 Å². The molecular formula is C23H20ClN3O2S2. The highest BCUT2D eigenvalue weighted by Crippen LogP contribution is 2.29. The Balaban J connectivity index is 1.64. The number of benzene rings is 2. The topological polar surface area (TPSA) is 64.0 Å². The molecule has 4 rings (SSSR count). The molecule has 0 atom stereocenters. The molecule has 0 saturated carbocycles. The van der Waals surface area contributed by atoms with E-state index >= 15 is 0 Å². The van der Waals surface area contributed by atoms with Gasteiger partial charge in [0.05, 0.1) is 16.8 Å². The number of aromatic nitrogens is 2. The molecular weight excluding hydrogens is 450 g/mol. The molecule has 1 amide bonds. The van der Waals surface area contributed by atoms with E-state index in [4.69, 9.17) is 16.6 Å². The van der Waals surface area contributed by atoms with Crippen LogP contribution in [0.4, 0.5) is 0 Å². The number of thioether (sulfide) groups is 1. The van der Waals surface area contributed by atoms with Crippen LogP contribution in [0.5, 0.6) is 0 Å². The highest BCUT2D eigenvalue weighted by molar-refractivity contribution is 7.99. The molecule has 0 spiro atoms. The number of amides is 1. The Morgan fingerprint density at radius 1 is 1.13 bits per heavy atom. The second kappa shape index (κ2) is 9.26. The Bertz CT molecular complexity index is 1300. The SMILES string of the molecule is Cc1sc2nc(SCC(=O)NCc3ccccc3)n(-c3ccc(Cl)cc3)c(=O)c2c1C. The van der Waals surface area contributed by atoms with Crippen LogP contribution in [0.15, 0.2) is 64.5 Å². The van der Waals surface area contributed by atoms with Crippen molar-refractivity contribution in [3.63, 3.8) is 0 Å². The molecule has 5 nitrogen and oxygen atoms in total. The zero-order valence-electron chi connectivity index (χ0n) is 17.0. The highest BCUT2D eigenvalue weighted by Gasteiger charge is 2.18. The molecule has 2 aromatic heterocycles. The number of hydrogen-bond acceptors (Lipinski definition) is 5. The van der Waals surface area contributed by atoms with Crippen molar-refractivity contribution in [3.05, 3.63) is 86.0 Å². The normalized spacial score (nSPS) is 11.1. The molecule has 0 aliphatic carbocycles. The lowest BCUT2D eigenvalue weighted by Crippen LogP contribution is -2.26. The van der Waals surface area contributed by atoms with Gasteiger partial charge >= 0.3 is 0 Å². The Morgan fingerprint density at radius 3 is 2.55 bits per heavy atom. The number of fused-ring (bicyclic) bond motifs is 1. The predicted molar refractivity (Wildman–Crippen MR) is 129 cm³/mol. The van der Waals surface area contributed by atoms with Crippen LogP contribution in [0.3, 0.4) is 0 Å². The van der Waals surface area contributed by atoms with Gasteiger partial charge in [0.2, 0.25) is 5.91 Å². The van der Waals surface area contributed by atoms with Gasteiger partial charge < -0.3 is 5.32 Å². The van der Waals surface area contributed by atoms with Gasteiger partial charge in [0.1, 0.15) is 4.83 Å². The number of nitrogens with zero attached hydrogens (tertiary/aromatic N) is 2. The largest absolute Gasteiger partial charge is 0.351 e. The first-order valence-electron chi connectivity index (χ1n) is 9.66. The number of rotatable bonds is 6. The molecule has 2 aromatic carbocycles. The number of carbonyl (C=O) groups excluding carboxylic acids is 1. The van der Waals surface area contributed by atoms with Crippen LogP contribution in [-0.4, -0.2) is 21.2 Å². The van der Waals surface area contributed by atoms with Crippen molar-refractivity contribution in [2.75, 3.05) is 5.75 Å². The lowest BCUT2D eigenvalue weighted by atomic mass is 10.2. The smallest absolute Gasteiger partial charge is 0.267 e. The molecule has 0 radical (unpaired) electrons. The fraction of sp³-hybridized carbons (Fsp3) is 0.174. The van der Waals surface area contributed by atoms with E-state index in [0.717, 1.165) is 16.0 Å². The number of thiophene rings is 1. The van der Waals surface area contributed by atoms with Gasteiger partial charge in [0.25, 0.3) is 5.56 Å². The van der Waals surface area contributed by atoms with E-state index in [2.05, 4.69) is 5.32 Å². The zero-order valence-corrected chi connectivity index (χ0v) is 19.4. The van der Waals surface area contributed by atoms with Crippen LogP contribution >= 0.6 is 34.7 Å². The maximum absolute atomic E-state index is 13.4. The van der Waals surface area contributed by atoms with E-state index in [1.165, 1.54) is 23.1 Å². The average Bonchev–Trinajstić information content (AvgIpc) is 3.06. The quantitative estimate of drug-likeness (QED) is 0.314. The Morgan fingerprint density at radius 2 is 1.84 bits per heavy atom. The van der Waals surface area contributed by atoms with Gasteiger partial charge in [0, 0.05) is 16.4 Å². The van der Waals surface area contributed by atoms with Crippen molar-refractivity contribution in [2.45, 2.75) is 25.5 Å². The predicted octanol–water partition coefficient (Wildman–Crippen LogP) is 5.13. The molecule has 31 heavy (non-hydrogen) atoms. The zero-order chi connectivity index (χ0) is 22.0. The molecule has 8 heteroatoms. The first kappa shape index (κ1) is 21.6. The summed E-state index contributed by atoms with van der Waals surface area (Å²) in [5.74, 6) is 0.0335. The maximum atomic E-state index is 13.4. The van der Waals surface area contributed by atoms with Gasteiger partial charge in [-0.2, -0.15) is 0 Å². The van der Waals surface area contributed by atoms with Gasteiger partial charge in [-0.15, -0.1) is 11.3 Å². The summed E-state index contributed by atoms with van der Waals surface area (Å²) >= 11 is 8.77. The fourth-order valence-corrected chi connectivity index (χ4v) is 5.21. The fourth-order valence-electron chi connectivity index (χ4n) is 3.17. The van der Waals surface area contributed by atoms with Crippen LogP contribution in [-0.2, 0) is 11.3 Å². The summed E-state index contributed by atoms with van der Waals surface area (Å²) in [6, 6.07) is 16.8. The third-order valence-corrected chi connectivity index (χ3v) is 7.21. The minimum absolute atomic E-state index is 0.121. The van der Waals surface area contributed by atoms with Crippen molar-refractivity contribution < 1.29 is 4.79 Å². The van der Waals surface area contributed by atoms with E-state index in [-0.39, 0.29) is 17.2 Å². The summed E-state index contributed by atoms with van der Waals surface area (Å²) in [4.78, 5) is 32.3. The van der Waals surface area contributed by atoms with Gasteiger partial charge in [-0.1, -0.05) is 53.7 Å². The Hall–Kier alpha value is -2.61. The Kier molecular flexibility index (Phi) is 6.46. The van der Waals surface area contributed by atoms with Crippen LogP contribution in [0.1, 0.15) is 16.0 Å². The first-order valence-corrected chi connectivity index (χ1v) is 11.8. The minimum atomic E-state index is -0.138. The van der Waals surface area contributed by atoms with Crippen LogP contribution in [0, 0.1) is 13.8 Å². The molecule has 0 unspecified atom stereocenters. The molecule has 0 fully saturated rings. The van der Waals surface area contributed by atoms with Crippen molar-refractivity contribution in [1.29, 1.82) is 0 Å². The Labute approximate surface area is 193 Å². The molecule has 0 bridgehead atoms. The number of nitrogens with one attached hydrogen (secondary N) is 1. The highest BCUT2D eigenvalue weighted by atomic mass is 35.5. The second-order valence-electron chi connectivity index (χ2n) is 7.03. The summed E-state index contributed by atoms with van der Waals surface area (Å²) in [7, 11) is 0. The van der Waals surface area contributed by atoms with E-state index in [1.54, 1.807) is 28.8 Å². The molecule has 4 aromatic rings. The summed E-state index contributed by atoms with van der Waals surface area (Å²) < 4.78 is 1.56. The molecule has 0 aliphatic heterocycles. The number of halogens is 1. The first-order chi connectivity index (χ1) is 14.9. The summed E-state index contributed by atoms with van der Waals surface area (Å²) in [5, 5.41) is 4.60. The van der Waals surface area contributed by atoms with Crippen LogP contribution in [0.2, 0.25) is 5.02 Å². The van der Waals surface area contributed by atoms with Gasteiger partial charge in [-0.25, -0.2) is 4.98 Å². The van der Waals surface area contributed by atoms with Gasteiger partial charge in [-0.3, -0.25) is 14.2 Å². The number of carbonyl (C=O) groups is 1. The van der Waals surface area contributed by atoms with Gasteiger partial charge in [-0.05, 0) is 49.2 Å². The average molecular weight is 470 g/mol. The van der Waals surface area contributed by atoms with E-state index in [0.29, 0.717) is 32.6 Å². The lowest BCUT2D eigenvalue weighted by Gasteiger charge is -2.12. The van der Waals surface area contributed by atoms with E-state index in [1.807, 2.05) is 44.2 Å². The molecule has 2 heterocycles. The van der Waals surface area contributed by atoms with Crippen molar-refractivity contribution in [1.82, 2.24) is 14.9 Å². The molecule has 0 aliphatic rings. The van der Waals surface area contributed by atoms with Gasteiger partial charge in [0.15, 0.2) is 5.16 Å². The third-order valence-electron chi connectivity index (χ3n) is 4.92. The summed E-state index contributed by atoms with van der Waals surface area (Å²) in [6.45, 7) is 4.38. The van der Waals surface area contributed by atoms with Crippen molar-refractivity contribution in [3.8, 4) is 5.69 Å². The maximum Gasteiger partial charge on any atom is 0.267 e. The monoisotopic (exact) mass is 469 g/mol. The number of hydrogen-bond donors (Lipinski definition) is 1. The second-order valence-corrected chi connectivity index (χ2v) is 9.61. The van der Waals surface area contributed by atoms with Crippen LogP contribution < -0.4 is 10.9 Å². The summed E-state index contributed by atoms with van der Waals surface area (Å²) in [6.07, 6.45) is 0. The molecule has 0 saturated heterocycles. The molecule has 1 N–H and O–H groups in total. The lowest BCUT2D eigenvalue weighted by molar-refractivity contribution is -0.118. The minimum Gasteiger partial charge on any atom is -0.351 e. The van der Waals surface area contributed by atoms with Crippen molar-refractivity contribution >= 4 is 50.8 Å². The van der Waals surface area contributed by atoms with E-state index in [9.17, 15) is 9.59 Å². The van der Waals surface area contributed by atoms with Crippen molar-refractivity contribution in [2.24, 2.45) is 0 Å². The standard InChI is InChI=1S/C23H20ClN3O2S2/c1-14-15(2)31-21-20(14)22(29)27(18-10-8-17(24)9-11-18)23(26-21)30-13-19(28)25-12-16-6-4-3-5-7-16/h3-11H,12-13H2,1-2H3,(H,25,28). The third kappa shape index (κ3) is 4.69. The summed E-state index contributed by atoms with van der Waals surface area (Å²) in [5.41, 5.74) is 2.50. The van der Waals surface area contributed by atoms with Crippen LogP contribution in [0.25, 0.3) is 15.9 Å².